The van der Waals surface area contributed by atoms with Crippen molar-refractivity contribution in [3.8, 4) is 0 Å². The lowest BCUT2D eigenvalue weighted by atomic mass is 10.0. The zero-order valence-corrected chi connectivity index (χ0v) is 22.5. The number of carbonyl (C=O) groups is 5. The van der Waals surface area contributed by atoms with E-state index in [4.69, 9.17) is 11.5 Å². The number of thiol groups is 1. The minimum absolute atomic E-state index is 0.0385. The summed E-state index contributed by atoms with van der Waals surface area (Å²) in [6.07, 6.45) is 2.27. The third kappa shape index (κ3) is 9.38. The average Bonchev–Trinajstić information content (AvgIpc) is 3.27. The van der Waals surface area contributed by atoms with Crippen LogP contribution in [-0.4, -0.2) is 71.5 Å². The number of primary amides is 1. The van der Waals surface area contributed by atoms with Crippen LogP contribution in [0.15, 0.2) is 30.5 Å². The van der Waals surface area contributed by atoms with Crippen molar-refractivity contribution in [2.75, 3.05) is 18.8 Å². The zero-order valence-electron chi connectivity index (χ0n) is 21.6. The SMILES string of the molecule is CC(C)C[C@H](NC(=O)CNC(=O)CCN)C(=O)N[C@@H](CS)C(=O)N[C@@H](Cc1c[nH]c2ccccc12)C(N)=O. The van der Waals surface area contributed by atoms with Gasteiger partial charge in [-0.15, -0.1) is 0 Å². The summed E-state index contributed by atoms with van der Waals surface area (Å²) in [7, 11) is 0. The summed E-state index contributed by atoms with van der Waals surface area (Å²) in [5, 5.41) is 11.1. The fraction of sp³-hybridized carbons (Fsp3) is 0.480. The molecule has 0 aliphatic rings. The van der Waals surface area contributed by atoms with Gasteiger partial charge in [0, 0.05) is 42.2 Å². The number of nitrogens with one attached hydrogen (secondary N) is 5. The van der Waals surface area contributed by atoms with E-state index in [1.807, 2.05) is 38.1 Å². The van der Waals surface area contributed by atoms with Crippen molar-refractivity contribution in [1.29, 1.82) is 0 Å². The van der Waals surface area contributed by atoms with Crippen molar-refractivity contribution in [1.82, 2.24) is 26.3 Å². The first-order valence-corrected chi connectivity index (χ1v) is 13.0. The van der Waals surface area contributed by atoms with Gasteiger partial charge >= 0.3 is 0 Å². The molecule has 208 valence electrons. The van der Waals surface area contributed by atoms with E-state index in [9.17, 15) is 24.0 Å². The van der Waals surface area contributed by atoms with Crippen LogP contribution in [0.2, 0.25) is 0 Å². The highest BCUT2D eigenvalue weighted by atomic mass is 32.1. The van der Waals surface area contributed by atoms with Crippen LogP contribution in [0.4, 0.5) is 0 Å². The number of carbonyl (C=O) groups excluding carboxylic acids is 5. The highest BCUT2D eigenvalue weighted by molar-refractivity contribution is 7.80. The summed E-state index contributed by atoms with van der Waals surface area (Å²) < 4.78 is 0. The molecule has 38 heavy (non-hydrogen) atoms. The molecular weight excluding hydrogens is 510 g/mol. The van der Waals surface area contributed by atoms with E-state index in [0.717, 1.165) is 16.5 Å². The van der Waals surface area contributed by atoms with Crippen LogP contribution in [0.25, 0.3) is 10.9 Å². The molecule has 0 unspecified atom stereocenters. The van der Waals surface area contributed by atoms with Gasteiger partial charge < -0.3 is 37.7 Å². The Balaban J connectivity index is 2.04. The summed E-state index contributed by atoms with van der Waals surface area (Å²) in [5.41, 5.74) is 12.6. The van der Waals surface area contributed by atoms with Gasteiger partial charge in [-0.2, -0.15) is 12.6 Å². The topological polar surface area (TPSA) is 201 Å². The van der Waals surface area contributed by atoms with E-state index in [-0.39, 0.29) is 43.5 Å². The van der Waals surface area contributed by atoms with E-state index in [1.165, 1.54) is 0 Å². The van der Waals surface area contributed by atoms with Crippen molar-refractivity contribution >= 4 is 53.1 Å². The second kappa shape index (κ2) is 15.0. The third-order valence-corrected chi connectivity index (χ3v) is 6.12. The molecule has 0 spiro atoms. The normalized spacial score (nSPS) is 13.4. The maximum Gasteiger partial charge on any atom is 0.244 e. The lowest BCUT2D eigenvalue weighted by Crippen LogP contribution is -2.58. The Labute approximate surface area is 226 Å². The summed E-state index contributed by atoms with van der Waals surface area (Å²) in [4.78, 5) is 65.1. The lowest BCUT2D eigenvalue weighted by Gasteiger charge is -2.24. The van der Waals surface area contributed by atoms with Crippen molar-refractivity contribution in [3.05, 3.63) is 36.0 Å². The highest BCUT2D eigenvalue weighted by Gasteiger charge is 2.29. The van der Waals surface area contributed by atoms with Gasteiger partial charge in [0.25, 0.3) is 0 Å². The van der Waals surface area contributed by atoms with E-state index in [2.05, 4.69) is 38.9 Å². The van der Waals surface area contributed by atoms with E-state index in [1.54, 1.807) is 6.20 Å². The summed E-state index contributed by atoms with van der Waals surface area (Å²) in [6.45, 7) is 3.59. The number of hydrogen-bond donors (Lipinski definition) is 8. The number of aromatic nitrogens is 1. The molecular formula is C25H37N7O5S. The van der Waals surface area contributed by atoms with Crippen LogP contribution < -0.4 is 32.7 Å². The Morgan fingerprint density at radius 1 is 0.947 bits per heavy atom. The average molecular weight is 548 g/mol. The van der Waals surface area contributed by atoms with Crippen molar-refractivity contribution in [2.45, 2.75) is 51.2 Å². The first-order chi connectivity index (χ1) is 18.0. The molecule has 0 aliphatic heterocycles. The molecule has 12 nitrogen and oxygen atoms in total. The van der Waals surface area contributed by atoms with Gasteiger partial charge in [-0.05, 0) is 24.0 Å². The molecule has 0 fully saturated rings. The number of aromatic amines is 1. The molecule has 0 aliphatic carbocycles. The Morgan fingerprint density at radius 3 is 2.24 bits per heavy atom. The predicted molar refractivity (Wildman–Crippen MR) is 147 cm³/mol. The fourth-order valence-electron chi connectivity index (χ4n) is 3.83. The standard InChI is InChI=1S/C25H37N7O5S/c1-14(2)9-19(30-22(34)12-29-21(33)7-8-26)24(36)32-20(13-38)25(37)31-18(23(27)35)10-15-11-28-17-6-4-3-5-16(15)17/h3-6,11,14,18-20,28,38H,7-10,12-13,26H2,1-2H3,(H2,27,35)(H,29,33)(H,30,34)(H,31,37)(H,32,36)/t18-,19-,20-/m0/s1. The molecule has 2 aromatic rings. The Hall–Kier alpha value is -3.58. The quantitative estimate of drug-likeness (QED) is 0.133. The summed E-state index contributed by atoms with van der Waals surface area (Å²) in [6, 6.07) is 4.46. The van der Waals surface area contributed by atoms with E-state index in [0.29, 0.717) is 6.42 Å². The number of nitrogens with two attached hydrogens (primary N) is 2. The van der Waals surface area contributed by atoms with E-state index >= 15 is 0 Å². The highest BCUT2D eigenvalue weighted by Crippen LogP contribution is 2.19. The monoisotopic (exact) mass is 547 g/mol. The number of hydrogen-bond acceptors (Lipinski definition) is 7. The third-order valence-electron chi connectivity index (χ3n) is 5.75. The minimum Gasteiger partial charge on any atom is -0.368 e. The molecule has 0 saturated carbocycles. The van der Waals surface area contributed by atoms with Crippen molar-refractivity contribution in [3.63, 3.8) is 0 Å². The van der Waals surface area contributed by atoms with Crippen LogP contribution in [0.5, 0.6) is 0 Å². The maximum absolute atomic E-state index is 13.0. The molecule has 0 bridgehead atoms. The number of H-pyrrole nitrogens is 1. The van der Waals surface area contributed by atoms with E-state index < -0.39 is 41.8 Å². The second-order valence-corrected chi connectivity index (χ2v) is 9.70. The van der Waals surface area contributed by atoms with Crippen molar-refractivity contribution in [2.24, 2.45) is 17.4 Å². The smallest absolute Gasteiger partial charge is 0.244 e. The Kier molecular flexibility index (Phi) is 12.1. The van der Waals surface area contributed by atoms with Gasteiger partial charge in [-0.3, -0.25) is 24.0 Å². The fourth-order valence-corrected chi connectivity index (χ4v) is 4.09. The van der Waals surface area contributed by atoms with Gasteiger partial charge in [0.15, 0.2) is 0 Å². The van der Waals surface area contributed by atoms with Gasteiger partial charge in [-0.25, -0.2) is 0 Å². The molecule has 1 aromatic heterocycles. The first-order valence-electron chi connectivity index (χ1n) is 12.4. The van der Waals surface area contributed by atoms with Crippen LogP contribution in [0, 0.1) is 5.92 Å². The number of amides is 5. The Morgan fingerprint density at radius 2 is 1.61 bits per heavy atom. The molecule has 5 amide bonds. The zero-order chi connectivity index (χ0) is 28.2. The molecule has 3 atom stereocenters. The number of fused-ring (bicyclic) bond motifs is 1. The largest absolute Gasteiger partial charge is 0.368 e. The molecule has 1 aromatic carbocycles. The van der Waals surface area contributed by atoms with Gasteiger partial charge in [0.1, 0.15) is 18.1 Å². The molecule has 9 N–H and O–H groups in total. The Bertz CT molecular complexity index is 1140. The second-order valence-electron chi connectivity index (χ2n) is 9.34. The van der Waals surface area contributed by atoms with Crippen molar-refractivity contribution < 1.29 is 24.0 Å². The minimum atomic E-state index is -1.09. The summed E-state index contributed by atoms with van der Waals surface area (Å²) >= 11 is 4.18. The maximum atomic E-state index is 13.0. The van der Waals surface area contributed by atoms with Crippen LogP contribution in [0.1, 0.15) is 32.3 Å². The molecule has 13 heteroatoms. The molecule has 0 radical (unpaired) electrons. The lowest BCUT2D eigenvalue weighted by molar-refractivity contribution is -0.133. The van der Waals surface area contributed by atoms with Crippen LogP contribution in [0.3, 0.4) is 0 Å². The molecule has 0 saturated heterocycles. The summed E-state index contributed by atoms with van der Waals surface area (Å²) in [5.74, 6) is -2.92. The number of benzene rings is 1. The molecule has 1 heterocycles. The van der Waals surface area contributed by atoms with Gasteiger partial charge in [0.05, 0.1) is 6.54 Å². The van der Waals surface area contributed by atoms with Gasteiger partial charge in [-0.1, -0.05) is 32.0 Å². The number of para-hydroxylation sites is 1. The number of rotatable bonds is 15. The van der Waals surface area contributed by atoms with Crippen LogP contribution in [-0.2, 0) is 30.4 Å². The van der Waals surface area contributed by atoms with Crippen LogP contribution >= 0.6 is 12.6 Å². The predicted octanol–water partition coefficient (Wildman–Crippen LogP) is -0.909. The first kappa shape index (κ1) is 30.6. The van der Waals surface area contributed by atoms with Gasteiger partial charge in [0.2, 0.25) is 29.5 Å². The molecule has 2 rings (SSSR count).